The van der Waals surface area contributed by atoms with Gasteiger partial charge in [-0.15, -0.1) is 0 Å². The molecule has 1 saturated carbocycles. The molecule has 96 valence electrons. The van der Waals surface area contributed by atoms with Crippen LogP contribution in [0.5, 0.6) is 0 Å². The van der Waals surface area contributed by atoms with E-state index in [2.05, 4.69) is 35.8 Å². The maximum absolute atomic E-state index is 4.26. The molecule has 0 saturated heterocycles. The molecule has 3 atom stereocenters. The monoisotopic (exact) mass is 235 g/mol. The highest BCUT2D eigenvalue weighted by atomic mass is 15.1. The van der Waals surface area contributed by atoms with Gasteiger partial charge in [0.1, 0.15) is 0 Å². The third-order valence-electron chi connectivity index (χ3n) is 4.04. The van der Waals surface area contributed by atoms with Crippen LogP contribution in [0.1, 0.15) is 51.3 Å². The third kappa shape index (κ3) is 2.89. The average Bonchev–Trinajstić information content (AvgIpc) is 2.72. The summed E-state index contributed by atoms with van der Waals surface area (Å²) in [4.78, 5) is 4.26. The normalized spacial score (nSPS) is 27.0. The van der Waals surface area contributed by atoms with E-state index in [-0.39, 0.29) is 0 Å². The van der Waals surface area contributed by atoms with Gasteiger partial charge in [0.15, 0.2) is 0 Å². The molecule has 3 heteroatoms. The van der Waals surface area contributed by atoms with Crippen molar-refractivity contribution in [2.24, 2.45) is 18.9 Å². The van der Waals surface area contributed by atoms with Crippen LogP contribution in [0.25, 0.3) is 0 Å². The average molecular weight is 235 g/mol. The van der Waals surface area contributed by atoms with Crippen molar-refractivity contribution < 1.29 is 0 Å². The molecule has 0 aromatic carbocycles. The van der Waals surface area contributed by atoms with Gasteiger partial charge in [-0.3, -0.25) is 0 Å². The lowest BCUT2D eigenvalue weighted by molar-refractivity contribution is 0.220. The first-order valence-electron chi connectivity index (χ1n) is 6.92. The minimum atomic E-state index is 0.482. The number of imidazole rings is 1. The van der Waals surface area contributed by atoms with E-state index >= 15 is 0 Å². The SMILES string of the molecule is CCNC(c1cncn1C)C1CCCC(C)C1. The van der Waals surface area contributed by atoms with E-state index in [9.17, 15) is 0 Å². The van der Waals surface area contributed by atoms with Crippen LogP contribution in [0, 0.1) is 11.8 Å². The lowest BCUT2D eigenvalue weighted by Crippen LogP contribution is -2.32. The molecule has 0 aliphatic heterocycles. The highest BCUT2D eigenvalue weighted by Gasteiger charge is 2.28. The molecule has 2 rings (SSSR count). The first kappa shape index (κ1) is 12.6. The largest absolute Gasteiger partial charge is 0.336 e. The zero-order valence-corrected chi connectivity index (χ0v) is 11.3. The molecular formula is C14H25N3. The van der Waals surface area contributed by atoms with Crippen LogP contribution >= 0.6 is 0 Å². The Morgan fingerprint density at radius 1 is 1.53 bits per heavy atom. The van der Waals surface area contributed by atoms with Crippen LogP contribution in [-0.4, -0.2) is 16.1 Å². The number of nitrogens with one attached hydrogen (secondary N) is 1. The van der Waals surface area contributed by atoms with Crippen molar-refractivity contribution in [1.82, 2.24) is 14.9 Å². The van der Waals surface area contributed by atoms with Crippen LogP contribution < -0.4 is 5.32 Å². The summed E-state index contributed by atoms with van der Waals surface area (Å²) in [5.74, 6) is 1.65. The first-order chi connectivity index (χ1) is 8.22. The van der Waals surface area contributed by atoms with Gasteiger partial charge >= 0.3 is 0 Å². The summed E-state index contributed by atoms with van der Waals surface area (Å²) < 4.78 is 2.16. The molecule has 3 nitrogen and oxygen atoms in total. The quantitative estimate of drug-likeness (QED) is 0.869. The molecule has 1 fully saturated rings. The maximum atomic E-state index is 4.26. The molecule has 0 amide bonds. The predicted molar refractivity (Wildman–Crippen MR) is 70.7 cm³/mol. The van der Waals surface area contributed by atoms with E-state index in [1.807, 2.05) is 12.5 Å². The topological polar surface area (TPSA) is 29.9 Å². The zero-order valence-electron chi connectivity index (χ0n) is 11.3. The van der Waals surface area contributed by atoms with Crippen LogP contribution in [0.3, 0.4) is 0 Å². The van der Waals surface area contributed by atoms with Crippen molar-refractivity contribution in [1.29, 1.82) is 0 Å². The molecule has 1 heterocycles. The van der Waals surface area contributed by atoms with Crippen LogP contribution in [0.15, 0.2) is 12.5 Å². The smallest absolute Gasteiger partial charge is 0.0946 e. The fraction of sp³-hybridized carbons (Fsp3) is 0.786. The standard InChI is InChI=1S/C14H25N3/c1-4-16-14(13-9-15-10-17(13)3)12-7-5-6-11(2)8-12/h9-12,14,16H,4-8H2,1-3H3. The number of hydrogen-bond acceptors (Lipinski definition) is 2. The number of nitrogens with zero attached hydrogens (tertiary/aromatic N) is 2. The lowest BCUT2D eigenvalue weighted by Gasteiger charge is -2.33. The fourth-order valence-electron chi connectivity index (χ4n) is 3.18. The molecular weight excluding hydrogens is 210 g/mol. The number of rotatable bonds is 4. The second-order valence-corrected chi connectivity index (χ2v) is 5.50. The van der Waals surface area contributed by atoms with Gasteiger partial charge in [0, 0.05) is 13.2 Å². The van der Waals surface area contributed by atoms with Gasteiger partial charge in [0.05, 0.1) is 18.1 Å². The van der Waals surface area contributed by atoms with E-state index in [0.717, 1.165) is 18.4 Å². The van der Waals surface area contributed by atoms with Crippen LogP contribution in [0.4, 0.5) is 0 Å². The molecule has 1 aliphatic carbocycles. The van der Waals surface area contributed by atoms with E-state index < -0.39 is 0 Å². The van der Waals surface area contributed by atoms with Gasteiger partial charge in [-0.2, -0.15) is 0 Å². The first-order valence-corrected chi connectivity index (χ1v) is 6.92. The van der Waals surface area contributed by atoms with Crippen molar-refractivity contribution in [3.8, 4) is 0 Å². The van der Waals surface area contributed by atoms with E-state index in [1.54, 1.807) is 0 Å². The van der Waals surface area contributed by atoms with Crippen LogP contribution in [-0.2, 0) is 7.05 Å². The van der Waals surface area contributed by atoms with E-state index in [0.29, 0.717) is 6.04 Å². The summed E-state index contributed by atoms with van der Waals surface area (Å²) in [6, 6.07) is 0.482. The molecule has 17 heavy (non-hydrogen) atoms. The molecule has 1 aromatic rings. The second-order valence-electron chi connectivity index (χ2n) is 5.50. The fourth-order valence-corrected chi connectivity index (χ4v) is 3.18. The highest BCUT2D eigenvalue weighted by Crippen LogP contribution is 2.36. The maximum Gasteiger partial charge on any atom is 0.0946 e. The summed E-state index contributed by atoms with van der Waals surface area (Å²) >= 11 is 0. The van der Waals surface area contributed by atoms with Gasteiger partial charge < -0.3 is 9.88 Å². The minimum Gasteiger partial charge on any atom is -0.336 e. The Balaban J connectivity index is 2.14. The Kier molecular flexibility index (Phi) is 4.21. The zero-order chi connectivity index (χ0) is 12.3. The molecule has 3 unspecified atom stereocenters. The van der Waals surface area contributed by atoms with E-state index in [4.69, 9.17) is 0 Å². The van der Waals surface area contributed by atoms with Crippen molar-refractivity contribution in [2.75, 3.05) is 6.54 Å². The molecule has 1 aromatic heterocycles. The summed E-state index contributed by atoms with van der Waals surface area (Å²) in [5, 5.41) is 3.66. The Labute approximate surface area is 105 Å². The highest BCUT2D eigenvalue weighted by molar-refractivity contribution is 5.07. The third-order valence-corrected chi connectivity index (χ3v) is 4.04. The Morgan fingerprint density at radius 3 is 2.94 bits per heavy atom. The Morgan fingerprint density at radius 2 is 2.35 bits per heavy atom. The van der Waals surface area contributed by atoms with Crippen molar-refractivity contribution in [2.45, 2.75) is 45.6 Å². The van der Waals surface area contributed by atoms with Gasteiger partial charge in [-0.05, 0) is 31.2 Å². The van der Waals surface area contributed by atoms with Gasteiger partial charge in [-0.1, -0.05) is 26.7 Å². The Bertz CT molecular complexity index is 345. The van der Waals surface area contributed by atoms with Crippen molar-refractivity contribution >= 4 is 0 Å². The van der Waals surface area contributed by atoms with Crippen molar-refractivity contribution in [3.63, 3.8) is 0 Å². The summed E-state index contributed by atoms with van der Waals surface area (Å²) in [7, 11) is 2.10. The van der Waals surface area contributed by atoms with Gasteiger partial charge in [0.25, 0.3) is 0 Å². The molecule has 0 bridgehead atoms. The van der Waals surface area contributed by atoms with Crippen molar-refractivity contribution in [3.05, 3.63) is 18.2 Å². The number of aromatic nitrogens is 2. The van der Waals surface area contributed by atoms with E-state index in [1.165, 1.54) is 31.4 Å². The lowest BCUT2D eigenvalue weighted by atomic mass is 9.77. The summed E-state index contributed by atoms with van der Waals surface area (Å²) in [6.07, 6.45) is 9.42. The number of aryl methyl sites for hydroxylation is 1. The predicted octanol–water partition coefficient (Wildman–Crippen LogP) is 2.90. The van der Waals surface area contributed by atoms with Crippen LogP contribution in [0.2, 0.25) is 0 Å². The molecule has 1 N–H and O–H groups in total. The summed E-state index contributed by atoms with van der Waals surface area (Å²) in [6.45, 7) is 5.61. The second kappa shape index (κ2) is 5.67. The Hall–Kier alpha value is -0.830. The molecule has 0 radical (unpaired) electrons. The summed E-state index contributed by atoms with van der Waals surface area (Å²) in [5.41, 5.74) is 1.34. The van der Waals surface area contributed by atoms with Gasteiger partial charge in [-0.25, -0.2) is 4.98 Å². The molecule has 0 spiro atoms. The van der Waals surface area contributed by atoms with Gasteiger partial charge in [0.2, 0.25) is 0 Å². The number of hydrogen-bond donors (Lipinski definition) is 1. The molecule has 1 aliphatic rings. The minimum absolute atomic E-state index is 0.482.